The smallest absolute Gasteiger partial charge is 0.0928 e. The van der Waals surface area contributed by atoms with E-state index in [1.54, 1.807) is 0 Å². The first-order chi connectivity index (χ1) is 4.36. The average molecular weight is 126 g/mol. The van der Waals surface area contributed by atoms with E-state index in [1.165, 1.54) is 12.4 Å². The Morgan fingerprint density at radius 2 is 1.56 bits per heavy atom. The highest BCUT2D eigenvalue weighted by Crippen LogP contribution is 2.15. The number of hydrogen-bond acceptors (Lipinski definition) is 3. The maximum Gasteiger partial charge on any atom is 0.0928 e. The zero-order valence-corrected chi connectivity index (χ0v) is 5.13. The van der Waals surface area contributed by atoms with E-state index < -0.39 is 0 Å². The highest BCUT2D eigenvalue weighted by Gasteiger charge is 2.20. The third-order valence-corrected chi connectivity index (χ3v) is 1.46. The number of nitrogens with one attached hydrogen (secondary N) is 2. The van der Waals surface area contributed by atoms with E-state index in [2.05, 4.69) is 0 Å². The van der Waals surface area contributed by atoms with Crippen LogP contribution in [0.2, 0.25) is 0 Å². The summed E-state index contributed by atoms with van der Waals surface area (Å²) >= 11 is 0. The number of ether oxygens (including phenoxy) is 1. The SMILES string of the molecule is N=C[C@@H]1CC[C@H](C=N)O1. The van der Waals surface area contributed by atoms with Gasteiger partial charge in [-0.15, -0.1) is 0 Å². The standard InChI is InChI=1S/C6H10N2O/c7-3-5-1-2-6(4-8)9-5/h3-8H,1-2H2/t5-,6+. The lowest BCUT2D eigenvalue weighted by atomic mass is 10.2. The zero-order valence-electron chi connectivity index (χ0n) is 5.13. The largest absolute Gasteiger partial charge is 0.364 e. The molecule has 0 amide bonds. The van der Waals surface area contributed by atoms with Crippen LogP contribution >= 0.6 is 0 Å². The molecule has 0 spiro atoms. The van der Waals surface area contributed by atoms with Crippen LogP contribution in [0.25, 0.3) is 0 Å². The molecule has 0 saturated carbocycles. The Kier molecular flexibility index (Phi) is 1.95. The van der Waals surface area contributed by atoms with Crippen LogP contribution in [0.1, 0.15) is 12.8 Å². The summed E-state index contributed by atoms with van der Waals surface area (Å²) in [7, 11) is 0. The molecule has 0 aliphatic carbocycles. The molecule has 1 heterocycles. The second kappa shape index (κ2) is 2.73. The third kappa shape index (κ3) is 1.36. The first-order valence-corrected chi connectivity index (χ1v) is 3.03. The lowest BCUT2D eigenvalue weighted by Crippen LogP contribution is -2.11. The average Bonchev–Trinajstić information content (AvgIpc) is 2.34. The zero-order chi connectivity index (χ0) is 6.69. The fraction of sp³-hybridized carbons (Fsp3) is 0.667. The minimum atomic E-state index is -0.0309. The molecular weight excluding hydrogens is 116 g/mol. The Balaban J connectivity index is 2.36. The van der Waals surface area contributed by atoms with E-state index in [1.807, 2.05) is 0 Å². The van der Waals surface area contributed by atoms with Gasteiger partial charge in [0.2, 0.25) is 0 Å². The van der Waals surface area contributed by atoms with E-state index in [9.17, 15) is 0 Å². The Morgan fingerprint density at radius 1 is 1.11 bits per heavy atom. The van der Waals surface area contributed by atoms with E-state index in [4.69, 9.17) is 15.6 Å². The van der Waals surface area contributed by atoms with Crippen molar-refractivity contribution in [1.29, 1.82) is 10.8 Å². The van der Waals surface area contributed by atoms with Crippen LogP contribution < -0.4 is 0 Å². The van der Waals surface area contributed by atoms with Gasteiger partial charge in [0.1, 0.15) is 0 Å². The summed E-state index contributed by atoms with van der Waals surface area (Å²) in [5.41, 5.74) is 0. The molecule has 0 aromatic rings. The molecule has 0 radical (unpaired) electrons. The highest BCUT2D eigenvalue weighted by atomic mass is 16.5. The molecule has 0 aromatic carbocycles. The van der Waals surface area contributed by atoms with Crippen LogP contribution in [0.5, 0.6) is 0 Å². The molecule has 0 aromatic heterocycles. The quantitative estimate of drug-likeness (QED) is 0.529. The molecule has 9 heavy (non-hydrogen) atoms. The molecule has 1 aliphatic heterocycles. The van der Waals surface area contributed by atoms with Crippen molar-refractivity contribution in [3.8, 4) is 0 Å². The van der Waals surface area contributed by atoms with Gasteiger partial charge in [-0.05, 0) is 12.8 Å². The Bertz CT molecular complexity index is 110. The van der Waals surface area contributed by atoms with E-state index in [-0.39, 0.29) is 12.2 Å². The van der Waals surface area contributed by atoms with Gasteiger partial charge in [-0.3, -0.25) is 0 Å². The van der Waals surface area contributed by atoms with Gasteiger partial charge in [-0.2, -0.15) is 0 Å². The van der Waals surface area contributed by atoms with E-state index in [0.717, 1.165) is 12.8 Å². The molecule has 1 rings (SSSR count). The molecule has 1 fully saturated rings. The van der Waals surface area contributed by atoms with Gasteiger partial charge in [0.25, 0.3) is 0 Å². The van der Waals surface area contributed by atoms with Gasteiger partial charge in [0.15, 0.2) is 0 Å². The molecule has 3 heteroatoms. The van der Waals surface area contributed by atoms with Gasteiger partial charge in [0, 0.05) is 12.4 Å². The summed E-state index contributed by atoms with van der Waals surface area (Å²) in [4.78, 5) is 0. The molecule has 1 aliphatic rings. The van der Waals surface area contributed by atoms with Crippen molar-refractivity contribution in [2.75, 3.05) is 0 Å². The maximum absolute atomic E-state index is 6.84. The van der Waals surface area contributed by atoms with Crippen LogP contribution in [0.3, 0.4) is 0 Å². The van der Waals surface area contributed by atoms with Crippen LogP contribution in [-0.2, 0) is 4.74 Å². The Labute approximate surface area is 54.0 Å². The van der Waals surface area contributed by atoms with Crippen LogP contribution in [0, 0.1) is 10.8 Å². The fourth-order valence-electron chi connectivity index (χ4n) is 0.934. The predicted molar refractivity (Wildman–Crippen MR) is 35.5 cm³/mol. The predicted octanol–water partition coefficient (Wildman–Crippen LogP) is 0.833. The molecule has 0 unspecified atom stereocenters. The summed E-state index contributed by atoms with van der Waals surface area (Å²) in [5.74, 6) is 0. The van der Waals surface area contributed by atoms with Gasteiger partial charge in [-0.25, -0.2) is 0 Å². The Morgan fingerprint density at radius 3 is 1.78 bits per heavy atom. The van der Waals surface area contributed by atoms with Crippen molar-refractivity contribution in [2.45, 2.75) is 25.0 Å². The summed E-state index contributed by atoms with van der Waals surface area (Å²) in [6.45, 7) is 0. The van der Waals surface area contributed by atoms with Crippen molar-refractivity contribution >= 4 is 12.4 Å². The summed E-state index contributed by atoms with van der Waals surface area (Å²) in [6.07, 6.45) is 4.31. The lowest BCUT2D eigenvalue weighted by molar-refractivity contribution is 0.128. The monoisotopic (exact) mass is 126 g/mol. The van der Waals surface area contributed by atoms with Gasteiger partial charge < -0.3 is 15.6 Å². The maximum atomic E-state index is 6.84. The number of rotatable bonds is 2. The second-order valence-corrected chi connectivity index (χ2v) is 2.12. The van der Waals surface area contributed by atoms with Crippen molar-refractivity contribution in [3.05, 3.63) is 0 Å². The fourth-order valence-corrected chi connectivity index (χ4v) is 0.934. The van der Waals surface area contributed by atoms with Crippen molar-refractivity contribution < 1.29 is 4.74 Å². The van der Waals surface area contributed by atoms with Crippen molar-refractivity contribution in [2.24, 2.45) is 0 Å². The topological polar surface area (TPSA) is 56.9 Å². The minimum absolute atomic E-state index is 0.0309. The van der Waals surface area contributed by atoms with Crippen molar-refractivity contribution in [1.82, 2.24) is 0 Å². The van der Waals surface area contributed by atoms with Gasteiger partial charge in [-0.1, -0.05) is 0 Å². The summed E-state index contributed by atoms with van der Waals surface area (Å²) in [6, 6.07) is 0. The molecule has 2 N–H and O–H groups in total. The lowest BCUT2D eigenvalue weighted by Gasteiger charge is -2.02. The van der Waals surface area contributed by atoms with E-state index in [0.29, 0.717) is 0 Å². The highest BCUT2D eigenvalue weighted by molar-refractivity contribution is 5.64. The third-order valence-electron chi connectivity index (χ3n) is 1.46. The van der Waals surface area contributed by atoms with Crippen LogP contribution in [0.4, 0.5) is 0 Å². The summed E-state index contributed by atoms with van der Waals surface area (Å²) in [5, 5.41) is 13.7. The van der Waals surface area contributed by atoms with Crippen LogP contribution in [-0.4, -0.2) is 24.6 Å². The van der Waals surface area contributed by atoms with Crippen molar-refractivity contribution in [3.63, 3.8) is 0 Å². The van der Waals surface area contributed by atoms with Gasteiger partial charge >= 0.3 is 0 Å². The summed E-state index contributed by atoms with van der Waals surface area (Å²) < 4.78 is 5.17. The molecule has 0 bridgehead atoms. The number of hydrogen-bond donors (Lipinski definition) is 2. The first kappa shape index (κ1) is 6.42. The molecule has 1 saturated heterocycles. The second-order valence-electron chi connectivity index (χ2n) is 2.12. The molecule has 2 atom stereocenters. The first-order valence-electron chi connectivity index (χ1n) is 3.03. The van der Waals surface area contributed by atoms with Crippen LogP contribution in [0.15, 0.2) is 0 Å². The Hall–Kier alpha value is -0.700. The molecule has 50 valence electrons. The van der Waals surface area contributed by atoms with E-state index >= 15 is 0 Å². The normalized spacial score (nSPS) is 34.2. The molecular formula is C6H10N2O. The minimum Gasteiger partial charge on any atom is -0.364 e. The molecule has 3 nitrogen and oxygen atoms in total. The van der Waals surface area contributed by atoms with Gasteiger partial charge in [0.05, 0.1) is 12.2 Å².